The highest BCUT2D eigenvalue weighted by Gasteiger charge is 1.98. The normalized spacial score (nSPS) is 9.00. The van der Waals surface area contributed by atoms with Crippen LogP contribution in [0, 0.1) is 0 Å². The fourth-order valence-corrected chi connectivity index (χ4v) is 0.345. The second kappa shape index (κ2) is 1.65. The molecule has 0 radical (unpaired) electrons. The molecule has 42 valence electrons. The van der Waals surface area contributed by atoms with Gasteiger partial charge in [-0.25, -0.2) is 0 Å². The monoisotopic (exact) mass is 112 g/mol. The number of aldehydes is 1. The molecule has 2 N–H and O–H groups in total. The Morgan fingerprint density at radius 3 is 2.88 bits per heavy atom. The molecule has 0 saturated carbocycles. The predicted octanol–water partition coefficient (Wildman–Crippen LogP) is 0.0693. The smallest absolute Gasteiger partial charge is 0.232 e. The summed E-state index contributed by atoms with van der Waals surface area (Å²) in [4.78, 5) is 9.91. The summed E-state index contributed by atoms with van der Waals surface area (Å²) in [6.07, 6.45) is 1.86. The van der Waals surface area contributed by atoms with Crippen molar-refractivity contribution >= 4 is 12.2 Å². The van der Waals surface area contributed by atoms with Gasteiger partial charge in [-0.1, -0.05) is 5.16 Å². The summed E-state index contributed by atoms with van der Waals surface area (Å²) in [6.45, 7) is 0. The molecule has 1 aromatic rings. The number of rotatable bonds is 1. The number of carbonyl (C=O) groups is 1. The van der Waals surface area contributed by atoms with Gasteiger partial charge in [0.15, 0.2) is 6.29 Å². The maximum atomic E-state index is 9.91. The average molecular weight is 112 g/mol. The van der Waals surface area contributed by atoms with Crippen molar-refractivity contribution in [3.8, 4) is 0 Å². The molecule has 0 aromatic carbocycles. The third kappa shape index (κ3) is 0.556. The fourth-order valence-electron chi connectivity index (χ4n) is 0.345. The van der Waals surface area contributed by atoms with Gasteiger partial charge < -0.3 is 10.3 Å². The quantitative estimate of drug-likeness (QED) is 0.522. The first-order chi connectivity index (χ1) is 3.84. The van der Waals surface area contributed by atoms with Crippen LogP contribution in [0.25, 0.3) is 0 Å². The summed E-state index contributed by atoms with van der Waals surface area (Å²) >= 11 is 0. The summed E-state index contributed by atoms with van der Waals surface area (Å²) in [5.41, 5.74) is 5.39. The maximum Gasteiger partial charge on any atom is 0.232 e. The van der Waals surface area contributed by atoms with Crippen LogP contribution in [0.3, 0.4) is 0 Å². The summed E-state index contributed by atoms with van der Waals surface area (Å²) in [6, 6.07) is 0. The molecule has 8 heavy (non-hydrogen) atoms. The SMILES string of the molecule is Nc1oncc1C=O. The van der Waals surface area contributed by atoms with Crippen LogP contribution in [0.4, 0.5) is 5.88 Å². The Labute approximate surface area is 45.3 Å². The van der Waals surface area contributed by atoms with Gasteiger partial charge in [-0.3, -0.25) is 4.79 Å². The lowest BCUT2D eigenvalue weighted by atomic mass is 10.4. The first kappa shape index (κ1) is 4.83. The van der Waals surface area contributed by atoms with Crippen molar-refractivity contribution in [3.63, 3.8) is 0 Å². The zero-order chi connectivity index (χ0) is 5.98. The number of nitrogens with zero attached hydrogens (tertiary/aromatic N) is 1. The van der Waals surface area contributed by atoms with E-state index in [9.17, 15) is 4.79 Å². The third-order valence-electron chi connectivity index (χ3n) is 0.754. The molecule has 0 saturated heterocycles. The Kier molecular flexibility index (Phi) is 0.997. The number of anilines is 1. The predicted molar refractivity (Wildman–Crippen MR) is 26.3 cm³/mol. The topological polar surface area (TPSA) is 69.1 Å². The second-order valence-electron chi connectivity index (χ2n) is 1.26. The molecule has 4 nitrogen and oxygen atoms in total. The van der Waals surface area contributed by atoms with Crippen LogP contribution in [0.5, 0.6) is 0 Å². The minimum absolute atomic E-state index is 0.0694. The summed E-state index contributed by atoms with van der Waals surface area (Å²) in [5.74, 6) is 0.0694. The van der Waals surface area contributed by atoms with Gasteiger partial charge in [0.1, 0.15) is 0 Å². The van der Waals surface area contributed by atoms with Crippen molar-refractivity contribution in [3.05, 3.63) is 11.8 Å². The van der Waals surface area contributed by atoms with E-state index in [-0.39, 0.29) is 5.88 Å². The van der Waals surface area contributed by atoms with Gasteiger partial charge in [-0.05, 0) is 0 Å². The number of nitrogen functional groups attached to an aromatic ring is 1. The molecule has 0 aliphatic rings. The van der Waals surface area contributed by atoms with Crippen LogP contribution in [-0.2, 0) is 0 Å². The number of aromatic nitrogens is 1. The Morgan fingerprint density at radius 1 is 1.88 bits per heavy atom. The van der Waals surface area contributed by atoms with E-state index in [0.717, 1.165) is 0 Å². The van der Waals surface area contributed by atoms with Crippen molar-refractivity contribution < 1.29 is 9.32 Å². The molecule has 4 heteroatoms. The van der Waals surface area contributed by atoms with E-state index >= 15 is 0 Å². The molecule has 0 amide bonds. The van der Waals surface area contributed by atoms with Gasteiger partial charge in [-0.2, -0.15) is 0 Å². The van der Waals surface area contributed by atoms with E-state index in [1.807, 2.05) is 0 Å². The Balaban J connectivity index is 3.09. The minimum Gasteiger partial charge on any atom is -0.367 e. The zero-order valence-electron chi connectivity index (χ0n) is 4.00. The molecular weight excluding hydrogens is 108 g/mol. The molecule has 0 aliphatic heterocycles. The lowest BCUT2D eigenvalue weighted by Gasteiger charge is -1.76. The van der Waals surface area contributed by atoms with E-state index in [1.54, 1.807) is 0 Å². The van der Waals surface area contributed by atoms with Crippen LogP contribution in [0.15, 0.2) is 10.7 Å². The standard InChI is InChI=1S/C4H4N2O2/c5-4-3(2-7)1-6-8-4/h1-2H,5H2. The highest BCUT2D eigenvalue weighted by atomic mass is 16.5. The fraction of sp³-hybridized carbons (Fsp3) is 0. The molecule has 1 rings (SSSR count). The molecular formula is C4H4N2O2. The highest BCUT2D eigenvalue weighted by Crippen LogP contribution is 2.04. The maximum absolute atomic E-state index is 9.91. The minimum atomic E-state index is 0.0694. The molecule has 0 unspecified atom stereocenters. The number of nitrogens with two attached hydrogens (primary N) is 1. The van der Waals surface area contributed by atoms with Crippen LogP contribution >= 0.6 is 0 Å². The lowest BCUT2D eigenvalue weighted by molar-refractivity contribution is 0.112. The molecule has 0 bridgehead atoms. The lowest BCUT2D eigenvalue weighted by Crippen LogP contribution is -1.84. The summed E-state index contributed by atoms with van der Waals surface area (Å²) in [5, 5.41) is 3.26. The van der Waals surface area contributed by atoms with Gasteiger partial charge >= 0.3 is 0 Å². The van der Waals surface area contributed by atoms with Crippen LogP contribution < -0.4 is 5.73 Å². The number of hydrogen-bond acceptors (Lipinski definition) is 4. The second-order valence-corrected chi connectivity index (χ2v) is 1.26. The zero-order valence-corrected chi connectivity index (χ0v) is 4.00. The number of carbonyl (C=O) groups excluding carboxylic acids is 1. The first-order valence-corrected chi connectivity index (χ1v) is 2.00. The Morgan fingerprint density at radius 2 is 2.62 bits per heavy atom. The van der Waals surface area contributed by atoms with Crippen molar-refractivity contribution in [2.45, 2.75) is 0 Å². The van der Waals surface area contributed by atoms with E-state index in [0.29, 0.717) is 11.8 Å². The highest BCUT2D eigenvalue weighted by molar-refractivity contribution is 5.80. The van der Waals surface area contributed by atoms with Crippen LogP contribution in [-0.4, -0.2) is 11.4 Å². The Bertz CT molecular complexity index is 194. The Hall–Kier alpha value is -1.32. The molecule has 0 aliphatic carbocycles. The van der Waals surface area contributed by atoms with Gasteiger partial charge in [0.25, 0.3) is 0 Å². The summed E-state index contributed by atoms with van der Waals surface area (Å²) in [7, 11) is 0. The molecule has 0 spiro atoms. The van der Waals surface area contributed by atoms with Gasteiger partial charge in [0.05, 0.1) is 11.8 Å². The van der Waals surface area contributed by atoms with Gasteiger partial charge in [-0.15, -0.1) is 0 Å². The van der Waals surface area contributed by atoms with Gasteiger partial charge in [0, 0.05) is 0 Å². The number of hydrogen-bond donors (Lipinski definition) is 1. The van der Waals surface area contributed by atoms with Crippen molar-refractivity contribution in [2.75, 3.05) is 5.73 Å². The largest absolute Gasteiger partial charge is 0.367 e. The first-order valence-electron chi connectivity index (χ1n) is 2.00. The molecule has 1 aromatic heterocycles. The van der Waals surface area contributed by atoms with Crippen molar-refractivity contribution in [2.24, 2.45) is 0 Å². The van der Waals surface area contributed by atoms with E-state index in [4.69, 9.17) is 5.73 Å². The van der Waals surface area contributed by atoms with E-state index in [2.05, 4.69) is 9.68 Å². The molecule has 0 atom stereocenters. The third-order valence-corrected chi connectivity index (χ3v) is 0.754. The summed E-state index contributed by atoms with van der Waals surface area (Å²) < 4.78 is 4.35. The van der Waals surface area contributed by atoms with Crippen LogP contribution in [0.2, 0.25) is 0 Å². The van der Waals surface area contributed by atoms with E-state index in [1.165, 1.54) is 6.20 Å². The van der Waals surface area contributed by atoms with Gasteiger partial charge in [0.2, 0.25) is 5.88 Å². The molecule has 1 heterocycles. The average Bonchev–Trinajstić information content (AvgIpc) is 2.14. The molecule has 0 fully saturated rings. The van der Waals surface area contributed by atoms with Crippen molar-refractivity contribution in [1.29, 1.82) is 0 Å². The van der Waals surface area contributed by atoms with E-state index < -0.39 is 0 Å². The van der Waals surface area contributed by atoms with Crippen LogP contribution in [0.1, 0.15) is 10.4 Å². The van der Waals surface area contributed by atoms with Crippen molar-refractivity contribution in [1.82, 2.24) is 5.16 Å².